The molecule has 1 aliphatic carbocycles. The van der Waals surface area contributed by atoms with Gasteiger partial charge < -0.3 is 4.90 Å². The maximum absolute atomic E-state index is 6.35. The molecule has 3 rings (SSSR count). The Morgan fingerprint density at radius 1 is 1.39 bits per heavy atom. The summed E-state index contributed by atoms with van der Waals surface area (Å²) in [6.45, 7) is 5.87. The molecule has 0 bridgehead atoms. The van der Waals surface area contributed by atoms with Crippen LogP contribution in [0, 0.1) is 5.92 Å². The van der Waals surface area contributed by atoms with E-state index in [0.717, 1.165) is 16.0 Å². The molecular formula is C14H18Cl3N. The number of hydrogen-bond acceptors (Lipinski definition) is 1. The highest BCUT2D eigenvalue weighted by Crippen LogP contribution is 2.60. The smallest absolute Gasteiger partial charge is 0.0459 e. The Morgan fingerprint density at radius 2 is 2.17 bits per heavy atom. The minimum Gasteiger partial charge on any atom is -0.302 e. The van der Waals surface area contributed by atoms with Crippen LogP contribution in [-0.4, -0.2) is 24.5 Å². The summed E-state index contributed by atoms with van der Waals surface area (Å²) in [6.07, 6.45) is 2.53. The van der Waals surface area contributed by atoms with E-state index in [1.54, 1.807) is 0 Å². The van der Waals surface area contributed by atoms with Gasteiger partial charge in [0.1, 0.15) is 0 Å². The van der Waals surface area contributed by atoms with Gasteiger partial charge in [0.2, 0.25) is 0 Å². The molecule has 2 aliphatic rings. The first-order valence-corrected chi connectivity index (χ1v) is 7.09. The summed E-state index contributed by atoms with van der Waals surface area (Å²) < 4.78 is 0. The van der Waals surface area contributed by atoms with Crippen LogP contribution >= 0.6 is 35.6 Å². The van der Waals surface area contributed by atoms with Crippen LogP contribution in [0.25, 0.3) is 0 Å². The number of halogens is 3. The Labute approximate surface area is 125 Å². The van der Waals surface area contributed by atoms with E-state index in [9.17, 15) is 0 Å². The molecule has 2 unspecified atom stereocenters. The second kappa shape index (κ2) is 5.20. The minimum atomic E-state index is 0. The lowest BCUT2D eigenvalue weighted by Gasteiger charge is -2.21. The van der Waals surface area contributed by atoms with E-state index >= 15 is 0 Å². The molecule has 1 saturated carbocycles. The molecule has 100 valence electrons. The molecule has 2 atom stereocenters. The van der Waals surface area contributed by atoms with Crippen LogP contribution in [0.3, 0.4) is 0 Å². The second-order valence-corrected chi connectivity index (χ2v) is 6.26. The van der Waals surface area contributed by atoms with Crippen molar-refractivity contribution in [1.29, 1.82) is 0 Å². The maximum atomic E-state index is 6.35. The number of rotatable bonds is 3. The summed E-state index contributed by atoms with van der Waals surface area (Å²) in [4.78, 5) is 2.57. The van der Waals surface area contributed by atoms with Gasteiger partial charge in [0.05, 0.1) is 0 Å². The first-order valence-electron chi connectivity index (χ1n) is 6.33. The van der Waals surface area contributed by atoms with E-state index in [1.165, 1.54) is 38.0 Å². The van der Waals surface area contributed by atoms with Gasteiger partial charge in [0.15, 0.2) is 0 Å². The van der Waals surface area contributed by atoms with Crippen LogP contribution in [0.5, 0.6) is 0 Å². The van der Waals surface area contributed by atoms with Gasteiger partial charge in [-0.3, -0.25) is 0 Å². The fourth-order valence-corrected chi connectivity index (χ4v) is 3.98. The molecule has 1 aromatic carbocycles. The zero-order valence-electron chi connectivity index (χ0n) is 10.5. The van der Waals surface area contributed by atoms with Crippen molar-refractivity contribution in [3.05, 3.63) is 33.8 Å². The third-order valence-corrected chi connectivity index (χ3v) is 4.77. The number of piperidine rings is 1. The number of benzene rings is 1. The monoisotopic (exact) mass is 305 g/mol. The lowest BCUT2D eigenvalue weighted by Crippen LogP contribution is -2.27. The predicted octanol–water partition coefficient (Wildman–Crippen LogP) is 4.40. The van der Waals surface area contributed by atoms with Crippen molar-refractivity contribution >= 4 is 35.6 Å². The van der Waals surface area contributed by atoms with Gasteiger partial charge in [0.25, 0.3) is 0 Å². The van der Waals surface area contributed by atoms with E-state index in [0.29, 0.717) is 5.41 Å². The Bertz CT molecular complexity index is 449. The lowest BCUT2D eigenvalue weighted by molar-refractivity contribution is 0.299. The summed E-state index contributed by atoms with van der Waals surface area (Å²) in [5.74, 6) is 0.813. The quantitative estimate of drug-likeness (QED) is 0.800. The molecule has 2 fully saturated rings. The highest BCUT2D eigenvalue weighted by Gasteiger charge is 2.60. The SMILES string of the molecule is CCCN1CC2CC2(c2ccc(Cl)cc2Cl)C1.Cl. The van der Waals surface area contributed by atoms with Crippen LogP contribution in [0.15, 0.2) is 18.2 Å². The fourth-order valence-electron chi connectivity index (χ4n) is 3.38. The molecule has 4 heteroatoms. The molecular weight excluding hydrogens is 289 g/mol. The molecule has 0 N–H and O–H groups in total. The van der Waals surface area contributed by atoms with E-state index in [1.807, 2.05) is 12.1 Å². The molecule has 18 heavy (non-hydrogen) atoms. The Morgan fingerprint density at radius 3 is 2.83 bits per heavy atom. The largest absolute Gasteiger partial charge is 0.302 e. The predicted molar refractivity (Wildman–Crippen MR) is 80.2 cm³/mol. The average molecular weight is 307 g/mol. The number of hydrogen-bond donors (Lipinski definition) is 0. The van der Waals surface area contributed by atoms with Crippen molar-refractivity contribution < 1.29 is 0 Å². The zero-order valence-corrected chi connectivity index (χ0v) is 12.8. The zero-order chi connectivity index (χ0) is 12.0. The van der Waals surface area contributed by atoms with Gasteiger partial charge in [-0.05, 0) is 43.0 Å². The van der Waals surface area contributed by atoms with E-state index < -0.39 is 0 Å². The second-order valence-electron chi connectivity index (χ2n) is 5.42. The highest BCUT2D eigenvalue weighted by atomic mass is 35.5. The Hall–Kier alpha value is 0.0500. The molecule has 0 aromatic heterocycles. The molecule has 0 radical (unpaired) electrons. The fraction of sp³-hybridized carbons (Fsp3) is 0.571. The van der Waals surface area contributed by atoms with Crippen molar-refractivity contribution in [1.82, 2.24) is 4.90 Å². The summed E-state index contributed by atoms with van der Waals surface area (Å²) in [7, 11) is 0. The highest BCUT2D eigenvalue weighted by molar-refractivity contribution is 6.35. The van der Waals surface area contributed by atoms with Crippen molar-refractivity contribution in [2.45, 2.75) is 25.2 Å². The Balaban J connectivity index is 0.00000120. The van der Waals surface area contributed by atoms with Gasteiger partial charge in [-0.15, -0.1) is 12.4 Å². The standard InChI is InChI=1S/C14H17Cl2N.ClH/c1-2-5-17-8-10-7-14(10,9-17)12-4-3-11(15)6-13(12)16;/h3-4,6,10H,2,5,7-9H2,1H3;1H. The van der Waals surface area contributed by atoms with E-state index in [4.69, 9.17) is 23.2 Å². The number of likely N-dealkylation sites (tertiary alicyclic amines) is 1. The van der Waals surface area contributed by atoms with Crippen molar-refractivity contribution in [3.8, 4) is 0 Å². The molecule has 0 spiro atoms. The first-order chi connectivity index (χ1) is 8.15. The van der Waals surface area contributed by atoms with E-state index in [-0.39, 0.29) is 12.4 Å². The molecule has 1 aromatic rings. The molecule has 1 heterocycles. The molecule has 1 saturated heterocycles. The normalized spacial score (nSPS) is 29.8. The first kappa shape index (κ1) is 14.5. The molecule has 1 aliphatic heterocycles. The third kappa shape index (κ3) is 2.27. The van der Waals surface area contributed by atoms with Crippen molar-refractivity contribution in [2.24, 2.45) is 5.92 Å². The summed E-state index contributed by atoms with van der Waals surface area (Å²) >= 11 is 12.3. The van der Waals surface area contributed by atoms with Crippen molar-refractivity contribution in [3.63, 3.8) is 0 Å². The van der Waals surface area contributed by atoms with Gasteiger partial charge in [-0.25, -0.2) is 0 Å². The van der Waals surface area contributed by atoms with Crippen LogP contribution in [0.2, 0.25) is 10.0 Å². The van der Waals surface area contributed by atoms with Gasteiger partial charge >= 0.3 is 0 Å². The average Bonchev–Trinajstić information content (AvgIpc) is 2.82. The summed E-state index contributed by atoms with van der Waals surface area (Å²) in [5, 5.41) is 1.58. The maximum Gasteiger partial charge on any atom is 0.0459 e. The summed E-state index contributed by atoms with van der Waals surface area (Å²) in [5.41, 5.74) is 1.66. The molecule has 1 nitrogen and oxygen atoms in total. The lowest BCUT2D eigenvalue weighted by atomic mass is 9.95. The number of nitrogens with zero attached hydrogens (tertiary/aromatic N) is 1. The molecule has 0 amide bonds. The number of fused-ring (bicyclic) bond motifs is 1. The van der Waals surface area contributed by atoms with Crippen LogP contribution in [-0.2, 0) is 5.41 Å². The van der Waals surface area contributed by atoms with Gasteiger partial charge in [0, 0.05) is 28.5 Å². The minimum absolute atomic E-state index is 0. The van der Waals surface area contributed by atoms with Gasteiger partial charge in [-0.2, -0.15) is 0 Å². The third-order valence-electron chi connectivity index (χ3n) is 4.22. The van der Waals surface area contributed by atoms with Gasteiger partial charge in [-0.1, -0.05) is 36.2 Å². The Kier molecular flexibility index (Phi) is 4.18. The summed E-state index contributed by atoms with van der Waals surface area (Å²) in [6, 6.07) is 5.97. The van der Waals surface area contributed by atoms with Crippen molar-refractivity contribution in [2.75, 3.05) is 19.6 Å². The van der Waals surface area contributed by atoms with Crippen LogP contribution < -0.4 is 0 Å². The topological polar surface area (TPSA) is 3.24 Å². The van der Waals surface area contributed by atoms with E-state index in [2.05, 4.69) is 17.9 Å². The van der Waals surface area contributed by atoms with Crippen LogP contribution in [0.4, 0.5) is 0 Å². The van der Waals surface area contributed by atoms with Crippen LogP contribution in [0.1, 0.15) is 25.3 Å².